The molecule has 0 radical (unpaired) electrons. The van der Waals surface area contributed by atoms with Crippen LogP contribution in [-0.2, 0) is 22.7 Å². The second-order valence-electron chi connectivity index (χ2n) is 4.64. The Bertz CT molecular complexity index is 521. The first kappa shape index (κ1) is 21.3. The van der Waals surface area contributed by atoms with Gasteiger partial charge in [0.1, 0.15) is 0 Å². The van der Waals surface area contributed by atoms with E-state index in [4.69, 9.17) is 19.8 Å². The van der Waals surface area contributed by atoms with Crippen molar-refractivity contribution in [2.45, 2.75) is 13.1 Å². The summed E-state index contributed by atoms with van der Waals surface area (Å²) in [5.74, 6) is -3.65. The molecule has 6 heteroatoms. The maximum absolute atomic E-state index is 9.10. The third-order valence-electron chi connectivity index (χ3n) is 2.63. The molecule has 0 atom stereocenters. The largest absolute Gasteiger partial charge is 0.473 e. The minimum atomic E-state index is -1.82. The SMILES string of the molecule is CNCc1ccccc1.CNCc1ccccc1.O=C(O)C(=O)O. The van der Waals surface area contributed by atoms with Crippen molar-refractivity contribution >= 4 is 11.9 Å². The summed E-state index contributed by atoms with van der Waals surface area (Å²) >= 11 is 0. The molecule has 0 aromatic heterocycles. The van der Waals surface area contributed by atoms with Crippen LogP contribution >= 0.6 is 0 Å². The molecule has 0 amide bonds. The molecule has 24 heavy (non-hydrogen) atoms. The number of nitrogens with one attached hydrogen (secondary N) is 2. The van der Waals surface area contributed by atoms with Gasteiger partial charge in [-0.15, -0.1) is 0 Å². The molecule has 2 aromatic rings. The Kier molecular flexibility index (Phi) is 12.4. The van der Waals surface area contributed by atoms with Crippen molar-refractivity contribution in [2.24, 2.45) is 0 Å². The van der Waals surface area contributed by atoms with E-state index in [2.05, 4.69) is 34.9 Å². The Hall–Kier alpha value is -2.70. The van der Waals surface area contributed by atoms with Crippen molar-refractivity contribution < 1.29 is 19.8 Å². The van der Waals surface area contributed by atoms with Gasteiger partial charge < -0.3 is 20.8 Å². The number of carbonyl (C=O) groups is 2. The third-order valence-corrected chi connectivity index (χ3v) is 2.63. The first-order chi connectivity index (χ1) is 11.5. The van der Waals surface area contributed by atoms with E-state index in [1.165, 1.54) is 11.1 Å². The van der Waals surface area contributed by atoms with Crippen molar-refractivity contribution in [2.75, 3.05) is 14.1 Å². The van der Waals surface area contributed by atoms with Crippen LogP contribution in [-0.4, -0.2) is 36.2 Å². The zero-order valence-electron chi connectivity index (χ0n) is 13.9. The molecular weight excluding hydrogens is 308 g/mol. The molecule has 6 nitrogen and oxygen atoms in total. The highest BCUT2D eigenvalue weighted by molar-refractivity contribution is 6.27. The highest BCUT2D eigenvalue weighted by Gasteiger charge is 2.04. The standard InChI is InChI=1S/2C8H11N.C2H2O4/c2*1-9-7-8-5-3-2-4-6-8;3-1(4)2(5)6/h2*2-6,9H,7H2,1H3;(H,3,4)(H,5,6). The summed E-state index contributed by atoms with van der Waals surface area (Å²) in [7, 11) is 3.90. The molecule has 0 fully saturated rings. The van der Waals surface area contributed by atoms with Crippen LogP contribution in [0.1, 0.15) is 11.1 Å². The van der Waals surface area contributed by atoms with Crippen LogP contribution < -0.4 is 10.6 Å². The topological polar surface area (TPSA) is 98.7 Å². The molecule has 4 N–H and O–H groups in total. The van der Waals surface area contributed by atoms with Gasteiger partial charge in [0, 0.05) is 13.1 Å². The van der Waals surface area contributed by atoms with Crippen LogP contribution in [0.5, 0.6) is 0 Å². The molecule has 0 heterocycles. The maximum Gasteiger partial charge on any atom is 0.414 e. The van der Waals surface area contributed by atoms with Crippen molar-refractivity contribution in [1.82, 2.24) is 10.6 Å². The average Bonchev–Trinajstić information content (AvgIpc) is 2.58. The van der Waals surface area contributed by atoms with Crippen molar-refractivity contribution in [3.8, 4) is 0 Å². The molecule has 2 aromatic carbocycles. The molecule has 0 aliphatic carbocycles. The predicted molar refractivity (Wildman–Crippen MR) is 93.7 cm³/mol. The summed E-state index contributed by atoms with van der Waals surface area (Å²) in [6.07, 6.45) is 0. The van der Waals surface area contributed by atoms with E-state index in [0.29, 0.717) is 0 Å². The summed E-state index contributed by atoms with van der Waals surface area (Å²) in [5, 5.41) is 21.0. The number of aliphatic carboxylic acids is 2. The van der Waals surface area contributed by atoms with Crippen LogP contribution in [0.4, 0.5) is 0 Å². The van der Waals surface area contributed by atoms with Crippen LogP contribution in [0.15, 0.2) is 60.7 Å². The van der Waals surface area contributed by atoms with Gasteiger partial charge >= 0.3 is 11.9 Å². The van der Waals surface area contributed by atoms with E-state index in [1.807, 2.05) is 50.5 Å². The van der Waals surface area contributed by atoms with Crippen molar-refractivity contribution in [3.05, 3.63) is 71.8 Å². The number of hydrogen-bond donors (Lipinski definition) is 4. The Balaban J connectivity index is 0.000000340. The van der Waals surface area contributed by atoms with Gasteiger partial charge in [0.05, 0.1) is 0 Å². The molecule has 0 saturated carbocycles. The third kappa shape index (κ3) is 11.9. The lowest BCUT2D eigenvalue weighted by molar-refractivity contribution is -0.159. The second kappa shape index (κ2) is 13.9. The Labute approximate surface area is 142 Å². The van der Waals surface area contributed by atoms with E-state index in [9.17, 15) is 0 Å². The summed E-state index contributed by atoms with van der Waals surface area (Å²) < 4.78 is 0. The number of carboxylic acids is 2. The van der Waals surface area contributed by atoms with E-state index in [-0.39, 0.29) is 0 Å². The minimum absolute atomic E-state index is 0.959. The lowest BCUT2D eigenvalue weighted by Crippen LogP contribution is -2.09. The van der Waals surface area contributed by atoms with E-state index in [0.717, 1.165) is 13.1 Å². The van der Waals surface area contributed by atoms with E-state index < -0.39 is 11.9 Å². The molecule has 0 aliphatic heterocycles. The average molecular weight is 332 g/mol. The van der Waals surface area contributed by atoms with Gasteiger partial charge in [-0.2, -0.15) is 0 Å². The Morgan fingerprint density at radius 2 is 1.00 bits per heavy atom. The fraction of sp³-hybridized carbons (Fsp3) is 0.222. The minimum Gasteiger partial charge on any atom is -0.473 e. The van der Waals surface area contributed by atoms with Crippen molar-refractivity contribution in [1.29, 1.82) is 0 Å². The second-order valence-corrected chi connectivity index (χ2v) is 4.64. The predicted octanol–water partition coefficient (Wildman–Crippen LogP) is 1.97. The van der Waals surface area contributed by atoms with Gasteiger partial charge in [-0.3, -0.25) is 0 Å². The van der Waals surface area contributed by atoms with Gasteiger partial charge in [-0.1, -0.05) is 60.7 Å². The van der Waals surface area contributed by atoms with Gasteiger partial charge in [0.2, 0.25) is 0 Å². The molecule has 0 saturated heterocycles. The highest BCUT2D eigenvalue weighted by Crippen LogP contribution is 1.96. The van der Waals surface area contributed by atoms with Crippen LogP contribution in [0, 0.1) is 0 Å². The summed E-state index contributed by atoms with van der Waals surface area (Å²) in [4.78, 5) is 18.2. The van der Waals surface area contributed by atoms with Gasteiger partial charge in [-0.25, -0.2) is 9.59 Å². The molecule has 2 rings (SSSR count). The lowest BCUT2D eigenvalue weighted by atomic mass is 10.2. The zero-order valence-corrected chi connectivity index (χ0v) is 13.9. The first-order valence-electron chi connectivity index (χ1n) is 7.34. The summed E-state index contributed by atoms with van der Waals surface area (Å²) in [6, 6.07) is 20.7. The normalized spacial score (nSPS) is 8.92. The zero-order chi connectivity index (χ0) is 18.2. The molecule has 0 unspecified atom stereocenters. The lowest BCUT2D eigenvalue weighted by Gasteiger charge is -1.95. The van der Waals surface area contributed by atoms with Crippen LogP contribution in [0.25, 0.3) is 0 Å². The number of rotatable bonds is 4. The fourth-order valence-electron chi connectivity index (χ4n) is 1.60. The summed E-state index contributed by atoms with van der Waals surface area (Å²) in [6.45, 7) is 1.92. The fourth-order valence-corrected chi connectivity index (χ4v) is 1.60. The number of hydrogen-bond acceptors (Lipinski definition) is 4. The number of carboxylic acid groups (broad SMARTS) is 2. The van der Waals surface area contributed by atoms with Crippen LogP contribution in [0.3, 0.4) is 0 Å². The smallest absolute Gasteiger partial charge is 0.414 e. The molecule has 130 valence electrons. The molecule has 0 aliphatic rings. The quantitative estimate of drug-likeness (QED) is 0.639. The summed E-state index contributed by atoms with van der Waals surface area (Å²) in [5.41, 5.74) is 2.67. The van der Waals surface area contributed by atoms with E-state index >= 15 is 0 Å². The number of benzene rings is 2. The Morgan fingerprint density at radius 3 is 1.21 bits per heavy atom. The van der Waals surface area contributed by atoms with E-state index in [1.54, 1.807) is 0 Å². The monoisotopic (exact) mass is 332 g/mol. The Morgan fingerprint density at radius 1 is 0.708 bits per heavy atom. The molecular formula is C18H24N2O4. The first-order valence-corrected chi connectivity index (χ1v) is 7.34. The van der Waals surface area contributed by atoms with Gasteiger partial charge in [0.15, 0.2) is 0 Å². The van der Waals surface area contributed by atoms with Gasteiger partial charge in [-0.05, 0) is 25.2 Å². The van der Waals surface area contributed by atoms with Crippen molar-refractivity contribution in [3.63, 3.8) is 0 Å². The highest BCUT2D eigenvalue weighted by atomic mass is 16.4. The molecule has 0 bridgehead atoms. The van der Waals surface area contributed by atoms with Crippen LogP contribution in [0.2, 0.25) is 0 Å². The maximum atomic E-state index is 9.10. The molecule has 0 spiro atoms. The van der Waals surface area contributed by atoms with Gasteiger partial charge in [0.25, 0.3) is 0 Å².